The Balaban J connectivity index is 1.70. The van der Waals surface area contributed by atoms with Crippen molar-refractivity contribution in [3.8, 4) is 5.75 Å². The zero-order valence-corrected chi connectivity index (χ0v) is 19.6. The number of carbonyl (C=O) groups is 3. The van der Waals surface area contributed by atoms with Crippen molar-refractivity contribution in [3.05, 3.63) is 59.2 Å². The van der Waals surface area contributed by atoms with Gasteiger partial charge >= 0.3 is 6.03 Å². The van der Waals surface area contributed by atoms with Crippen molar-refractivity contribution in [3.63, 3.8) is 0 Å². The van der Waals surface area contributed by atoms with Gasteiger partial charge in [0.1, 0.15) is 11.3 Å². The molecule has 2 aliphatic rings. The van der Waals surface area contributed by atoms with E-state index in [0.29, 0.717) is 17.4 Å². The molecule has 2 heterocycles. The number of amides is 4. The van der Waals surface area contributed by atoms with E-state index in [2.05, 4.69) is 44.0 Å². The molecule has 1 N–H and O–H groups in total. The van der Waals surface area contributed by atoms with Crippen LogP contribution < -0.4 is 19.9 Å². The van der Waals surface area contributed by atoms with Crippen molar-refractivity contribution in [1.29, 1.82) is 0 Å². The number of hydrogen-bond donors (Lipinski definition) is 1. The number of anilines is 2. The number of barbiturate groups is 1. The highest BCUT2D eigenvalue weighted by Gasteiger charge is 2.38. The second-order valence-electron chi connectivity index (χ2n) is 9.14. The molecule has 0 aromatic heterocycles. The molecule has 2 aliphatic heterocycles. The Morgan fingerprint density at radius 2 is 1.82 bits per heavy atom. The van der Waals surface area contributed by atoms with Crippen LogP contribution >= 0.6 is 0 Å². The van der Waals surface area contributed by atoms with Crippen molar-refractivity contribution in [2.24, 2.45) is 0 Å². The Bertz CT molecular complexity index is 1150. The fourth-order valence-electron chi connectivity index (χ4n) is 4.99. The maximum absolute atomic E-state index is 13.2. The van der Waals surface area contributed by atoms with E-state index in [1.165, 1.54) is 18.4 Å². The third-order valence-corrected chi connectivity index (χ3v) is 6.47. The topological polar surface area (TPSA) is 79.0 Å². The molecule has 1 unspecified atom stereocenters. The van der Waals surface area contributed by atoms with E-state index >= 15 is 0 Å². The van der Waals surface area contributed by atoms with Crippen LogP contribution in [0.15, 0.2) is 48.0 Å². The van der Waals surface area contributed by atoms with Crippen molar-refractivity contribution in [1.82, 2.24) is 5.32 Å². The number of urea groups is 1. The summed E-state index contributed by atoms with van der Waals surface area (Å²) in [7, 11) is 1.54. The molecule has 2 aromatic carbocycles. The van der Waals surface area contributed by atoms with Gasteiger partial charge in [-0.25, -0.2) is 9.69 Å². The Kier molecular flexibility index (Phi) is 5.74. The molecule has 7 heteroatoms. The molecule has 4 rings (SSSR count). The van der Waals surface area contributed by atoms with E-state index < -0.39 is 17.8 Å². The second kappa shape index (κ2) is 8.39. The van der Waals surface area contributed by atoms with Crippen LogP contribution in [0.25, 0.3) is 6.08 Å². The van der Waals surface area contributed by atoms with Gasteiger partial charge in [-0.05, 0) is 86.7 Å². The van der Waals surface area contributed by atoms with Crippen molar-refractivity contribution in [2.45, 2.75) is 45.6 Å². The zero-order valence-electron chi connectivity index (χ0n) is 19.6. The number of imide groups is 2. The quantitative estimate of drug-likeness (QED) is 0.553. The summed E-state index contributed by atoms with van der Waals surface area (Å²) in [5.74, 6) is -0.416. The summed E-state index contributed by atoms with van der Waals surface area (Å²) in [6, 6.07) is 11.8. The van der Waals surface area contributed by atoms with E-state index in [-0.39, 0.29) is 11.1 Å². The van der Waals surface area contributed by atoms with E-state index in [0.717, 1.165) is 23.4 Å². The molecule has 1 fully saturated rings. The molecule has 2 aromatic rings. The molecule has 0 spiro atoms. The summed E-state index contributed by atoms with van der Waals surface area (Å²) in [4.78, 5) is 41.5. The maximum atomic E-state index is 13.2. The molecule has 7 nitrogen and oxygen atoms in total. The van der Waals surface area contributed by atoms with Gasteiger partial charge in [0.2, 0.25) is 0 Å². The summed E-state index contributed by atoms with van der Waals surface area (Å²) in [5, 5.41) is 2.27. The molecule has 1 saturated heterocycles. The number of nitrogens with zero attached hydrogens (tertiary/aromatic N) is 2. The van der Waals surface area contributed by atoms with Crippen LogP contribution in [0.3, 0.4) is 0 Å². The summed E-state index contributed by atoms with van der Waals surface area (Å²) in [5.41, 5.74) is 3.45. The lowest BCUT2D eigenvalue weighted by atomic mass is 9.79. The second-order valence-corrected chi connectivity index (χ2v) is 9.14. The predicted octanol–water partition coefficient (Wildman–Crippen LogP) is 4.47. The number of fused-ring (bicyclic) bond motifs is 1. The van der Waals surface area contributed by atoms with Crippen LogP contribution in [-0.2, 0) is 9.59 Å². The number of methoxy groups -OCH3 is 1. The van der Waals surface area contributed by atoms with E-state index in [9.17, 15) is 14.4 Å². The lowest BCUT2D eigenvalue weighted by molar-refractivity contribution is -0.122. The monoisotopic (exact) mass is 447 g/mol. The van der Waals surface area contributed by atoms with Crippen LogP contribution in [0.4, 0.5) is 16.2 Å². The van der Waals surface area contributed by atoms with E-state index in [4.69, 9.17) is 4.74 Å². The van der Waals surface area contributed by atoms with Gasteiger partial charge in [-0.1, -0.05) is 13.0 Å². The number of rotatable bonds is 4. The number of ether oxygens (including phenoxy) is 1. The van der Waals surface area contributed by atoms with Gasteiger partial charge in [0.05, 0.1) is 12.8 Å². The lowest BCUT2D eigenvalue weighted by Gasteiger charge is -2.47. The van der Waals surface area contributed by atoms with Gasteiger partial charge in [-0.2, -0.15) is 0 Å². The van der Waals surface area contributed by atoms with Crippen molar-refractivity contribution < 1.29 is 19.1 Å². The highest BCUT2D eigenvalue weighted by Crippen LogP contribution is 2.43. The van der Waals surface area contributed by atoms with Gasteiger partial charge in [-0.3, -0.25) is 14.9 Å². The Morgan fingerprint density at radius 3 is 2.45 bits per heavy atom. The van der Waals surface area contributed by atoms with Crippen LogP contribution in [-0.4, -0.2) is 37.0 Å². The third-order valence-electron chi connectivity index (χ3n) is 6.47. The van der Waals surface area contributed by atoms with Gasteiger partial charge < -0.3 is 9.64 Å². The summed E-state index contributed by atoms with van der Waals surface area (Å²) in [6.45, 7) is 9.75. The van der Waals surface area contributed by atoms with E-state index in [1.807, 2.05) is 12.1 Å². The van der Waals surface area contributed by atoms with Crippen molar-refractivity contribution >= 4 is 35.3 Å². The molecule has 0 radical (unpaired) electrons. The minimum atomic E-state index is -0.771. The zero-order chi connectivity index (χ0) is 23.9. The number of carbonyl (C=O) groups excluding carboxylic acids is 3. The largest absolute Gasteiger partial charge is 0.497 e. The van der Waals surface area contributed by atoms with Crippen LogP contribution in [0.2, 0.25) is 0 Å². The van der Waals surface area contributed by atoms with E-state index in [1.54, 1.807) is 30.3 Å². The standard InChI is InChI=1S/C26H29N3O4/c1-6-28-22-12-7-17(13-20(22)16(2)15-26(28,3)4)14-21-23(30)27-25(32)29(24(21)31)18-8-10-19(33-5)11-9-18/h7-14,16H,6,15H2,1-5H3,(H,27,30,32)/b21-14+. The molecule has 4 amide bonds. The number of hydrogen-bond acceptors (Lipinski definition) is 5. The fourth-order valence-corrected chi connectivity index (χ4v) is 4.99. The Morgan fingerprint density at radius 1 is 1.12 bits per heavy atom. The normalized spacial score (nSPS) is 21.2. The molecule has 0 saturated carbocycles. The maximum Gasteiger partial charge on any atom is 0.335 e. The number of nitrogens with one attached hydrogen (secondary N) is 1. The fraction of sp³-hybridized carbons (Fsp3) is 0.346. The molecular weight excluding hydrogens is 418 g/mol. The molecule has 0 bridgehead atoms. The summed E-state index contributed by atoms with van der Waals surface area (Å²) < 4.78 is 5.14. The molecule has 172 valence electrons. The highest BCUT2D eigenvalue weighted by atomic mass is 16.5. The Labute approximate surface area is 194 Å². The molecular formula is C26H29N3O4. The van der Waals surface area contributed by atoms with Gasteiger partial charge in [0.25, 0.3) is 11.8 Å². The first-order valence-corrected chi connectivity index (χ1v) is 11.1. The molecule has 0 aliphatic carbocycles. The van der Waals surface area contributed by atoms with Crippen LogP contribution in [0.1, 0.15) is 51.2 Å². The van der Waals surface area contributed by atoms with Gasteiger partial charge in [0.15, 0.2) is 0 Å². The molecule has 33 heavy (non-hydrogen) atoms. The minimum Gasteiger partial charge on any atom is -0.497 e. The minimum absolute atomic E-state index is 0.0552. The van der Waals surface area contributed by atoms with Crippen LogP contribution in [0.5, 0.6) is 5.75 Å². The lowest BCUT2D eigenvalue weighted by Crippen LogP contribution is -2.54. The smallest absolute Gasteiger partial charge is 0.335 e. The number of benzene rings is 2. The first-order valence-electron chi connectivity index (χ1n) is 11.1. The summed E-state index contributed by atoms with van der Waals surface area (Å²) in [6.07, 6.45) is 2.57. The van der Waals surface area contributed by atoms with Crippen molar-refractivity contribution in [2.75, 3.05) is 23.5 Å². The average Bonchev–Trinajstić information content (AvgIpc) is 2.77. The Hall–Kier alpha value is -3.61. The van der Waals surface area contributed by atoms with Gasteiger partial charge in [-0.15, -0.1) is 0 Å². The SMILES string of the molecule is CCN1c2ccc(/C=C3\C(=O)NC(=O)N(c4ccc(OC)cc4)C3=O)cc2C(C)CC1(C)C. The third kappa shape index (κ3) is 3.99. The van der Waals surface area contributed by atoms with Crippen LogP contribution in [0, 0.1) is 0 Å². The average molecular weight is 448 g/mol. The first kappa shape index (κ1) is 22.6. The highest BCUT2D eigenvalue weighted by molar-refractivity contribution is 6.39. The first-order chi connectivity index (χ1) is 15.7. The summed E-state index contributed by atoms with van der Waals surface area (Å²) >= 11 is 0. The predicted molar refractivity (Wildman–Crippen MR) is 129 cm³/mol. The molecule has 1 atom stereocenters. The van der Waals surface area contributed by atoms with Gasteiger partial charge in [0, 0.05) is 17.8 Å².